The maximum atomic E-state index is 13.2. The van der Waals surface area contributed by atoms with Crippen LogP contribution >= 0.6 is 23.4 Å². The topological polar surface area (TPSA) is 61.4 Å². The summed E-state index contributed by atoms with van der Waals surface area (Å²) in [6, 6.07) is 16.0. The summed E-state index contributed by atoms with van der Waals surface area (Å²) < 4.78 is 13.2. The first-order chi connectivity index (χ1) is 15.6. The minimum atomic E-state index is -0.226. The summed E-state index contributed by atoms with van der Waals surface area (Å²) in [5.74, 6) is 0.802. The third kappa shape index (κ3) is 5.89. The largest absolute Gasteiger partial charge is 0.368 e. The normalized spacial score (nSPS) is 13.8. The molecule has 0 saturated carbocycles. The van der Waals surface area contributed by atoms with Crippen LogP contribution in [0.2, 0.25) is 5.02 Å². The number of nitrogens with one attached hydrogen (secondary N) is 1. The van der Waals surface area contributed by atoms with Gasteiger partial charge in [-0.3, -0.25) is 4.79 Å². The van der Waals surface area contributed by atoms with Crippen LogP contribution in [-0.4, -0.2) is 47.8 Å². The van der Waals surface area contributed by atoms with E-state index >= 15 is 0 Å². The summed E-state index contributed by atoms with van der Waals surface area (Å²) in [4.78, 5) is 25.3. The van der Waals surface area contributed by atoms with Crippen molar-refractivity contribution >= 4 is 40.8 Å². The molecule has 0 radical (unpaired) electrons. The van der Waals surface area contributed by atoms with Gasteiger partial charge in [-0.05, 0) is 35.9 Å². The van der Waals surface area contributed by atoms with E-state index in [1.165, 1.54) is 30.2 Å². The van der Waals surface area contributed by atoms with E-state index in [0.717, 1.165) is 48.3 Å². The monoisotopic (exact) mass is 471 g/mol. The van der Waals surface area contributed by atoms with E-state index in [2.05, 4.69) is 25.1 Å². The van der Waals surface area contributed by atoms with Gasteiger partial charge in [0.2, 0.25) is 5.91 Å². The highest BCUT2D eigenvalue weighted by atomic mass is 35.5. The lowest BCUT2D eigenvalue weighted by Crippen LogP contribution is -2.46. The summed E-state index contributed by atoms with van der Waals surface area (Å²) in [7, 11) is 0. The molecule has 1 saturated heterocycles. The van der Waals surface area contributed by atoms with Gasteiger partial charge in [0.05, 0.1) is 5.75 Å². The van der Waals surface area contributed by atoms with Crippen molar-refractivity contribution in [2.24, 2.45) is 0 Å². The number of piperazine rings is 1. The van der Waals surface area contributed by atoms with Gasteiger partial charge in [0.15, 0.2) is 0 Å². The van der Waals surface area contributed by atoms with Crippen LogP contribution in [0.1, 0.15) is 5.56 Å². The molecule has 0 unspecified atom stereocenters. The minimum absolute atomic E-state index is 0.0806. The molecular formula is C23H23ClFN5OS. The van der Waals surface area contributed by atoms with Crippen LogP contribution in [0.5, 0.6) is 0 Å². The van der Waals surface area contributed by atoms with Crippen LogP contribution in [0, 0.1) is 5.82 Å². The van der Waals surface area contributed by atoms with Crippen molar-refractivity contribution in [3.05, 3.63) is 77.3 Å². The molecule has 2 heterocycles. The molecule has 4 rings (SSSR count). The Balaban J connectivity index is 1.27. The maximum absolute atomic E-state index is 13.2. The molecule has 9 heteroatoms. The van der Waals surface area contributed by atoms with Gasteiger partial charge in [0, 0.05) is 49.5 Å². The summed E-state index contributed by atoms with van der Waals surface area (Å²) in [5, 5.41) is 4.28. The molecule has 1 aliphatic rings. The zero-order chi connectivity index (χ0) is 22.3. The summed E-state index contributed by atoms with van der Waals surface area (Å²) in [6.07, 6.45) is 1.53. The Morgan fingerprint density at radius 3 is 2.50 bits per heavy atom. The molecule has 1 N–H and O–H groups in total. The van der Waals surface area contributed by atoms with Crippen molar-refractivity contribution in [1.29, 1.82) is 0 Å². The van der Waals surface area contributed by atoms with Gasteiger partial charge in [0.25, 0.3) is 0 Å². The second-order valence-corrected chi connectivity index (χ2v) is 8.72. The van der Waals surface area contributed by atoms with E-state index in [1.807, 2.05) is 24.3 Å². The fraction of sp³-hybridized carbons (Fsp3) is 0.261. The van der Waals surface area contributed by atoms with Crippen LogP contribution in [0.3, 0.4) is 0 Å². The van der Waals surface area contributed by atoms with Crippen LogP contribution in [0.15, 0.2) is 66.0 Å². The molecular weight excluding hydrogens is 449 g/mol. The molecule has 6 nitrogen and oxygen atoms in total. The Morgan fingerprint density at radius 1 is 1.03 bits per heavy atom. The molecule has 0 aliphatic carbocycles. The number of halogens is 2. The highest BCUT2D eigenvalue weighted by Gasteiger charge is 2.19. The number of amides is 1. The van der Waals surface area contributed by atoms with Crippen LogP contribution in [0.25, 0.3) is 0 Å². The summed E-state index contributed by atoms with van der Waals surface area (Å²) in [5.41, 5.74) is 1.91. The number of anilines is 2. The van der Waals surface area contributed by atoms with Crippen molar-refractivity contribution < 1.29 is 9.18 Å². The van der Waals surface area contributed by atoms with Crippen LogP contribution in [-0.2, 0) is 11.3 Å². The molecule has 2 aromatic carbocycles. The van der Waals surface area contributed by atoms with Crippen molar-refractivity contribution in [2.45, 2.75) is 11.6 Å². The number of thioether (sulfide) groups is 1. The fourth-order valence-electron chi connectivity index (χ4n) is 3.45. The third-order valence-electron chi connectivity index (χ3n) is 5.21. The number of nitrogens with zero attached hydrogens (tertiary/aromatic N) is 4. The van der Waals surface area contributed by atoms with Crippen LogP contribution in [0.4, 0.5) is 15.9 Å². The number of benzene rings is 2. The van der Waals surface area contributed by atoms with Gasteiger partial charge < -0.3 is 15.1 Å². The zero-order valence-corrected chi connectivity index (χ0v) is 18.9. The van der Waals surface area contributed by atoms with Gasteiger partial charge in [-0.2, -0.15) is 0 Å². The van der Waals surface area contributed by atoms with Crippen molar-refractivity contribution in [1.82, 2.24) is 15.3 Å². The summed E-state index contributed by atoms with van der Waals surface area (Å²) in [6.45, 7) is 3.64. The molecule has 0 bridgehead atoms. The van der Waals surface area contributed by atoms with E-state index in [4.69, 9.17) is 11.6 Å². The Hall–Kier alpha value is -2.84. The number of aromatic nitrogens is 2. The highest BCUT2D eigenvalue weighted by molar-refractivity contribution is 7.99. The predicted molar refractivity (Wildman–Crippen MR) is 127 cm³/mol. The van der Waals surface area contributed by atoms with Crippen molar-refractivity contribution in [3.8, 4) is 0 Å². The second-order valence-electron chi connectivity index (χ2n) is 7.32. The first kappa shape index (κ1) is 22.4. The Bertz CT molecular complexity index is 1060. The molecule has 1 fully saturated rings. The average molecular weight is 472 g/mol. The lowest BCUT2D eigenvalue weighted by molar-refractivity contribution is -0.118. The molecule has 32 heavy (non-hydrogen) atoms. The van der Waals surface area contributed by atoms with E-state index < -0.39 is 0 Å². The predicted octanol–water partition coefficient (Wildman–Crippen LogP) is 4.00. The highest BCUT2D eigenvalue weighted by Crippen LogP contribution is 2.23. The van der Waals surface area contributed by atoms with Crippen LogP contribution < -0.4 is 15.1 Å². The molecule has 0 spiro atoms. The van der Waals surface area contributed by atoms with E-state index in [9.17, 15) is 9.18 Å². The SMILES string of the molecule is O=C(CSc1cc(N2CCN(c3ccc(F)cc3)CC2)ncn1)NCc1ccccc1Cl. The van der Waals surface area contributed by atoms with E-state index in [-0.39, 0.29) is 17.5 Å². The molecule has 1 aromatic heterocycles. The quantitative estimate of drug-likeness (QED) is 0.415. The lowest BCUT2D eigenvalue weighted by Gasteiger charge is -2.36. The minimum Gasteiger partial charge on any atom is -0.368 e. The molecule has 1 amide bonds. The Kier molecular flexibility index (Phi) is 7.44. The maximum Gasteiger partial charge on any atom is 0.230 e. The van der Waals surface area contributed by atoms with Gasteiger partial charge >= 0.3 is 0 Å². The van der Waals surface area contributed by atoms with E-state index in [0.29, 0.717) is 11.6 Å². The van der Waals surface area contributed by atoms with Crippen molar-refractivity contribution in [2.75, 3.05) is 41.7 Å². The first-order valence-electron chi connectivity index (χ1n) is 10.3. The number of carbonyl (C=O) groups excluding carboxylic acids is 1. The third-order valence-corrected chi connectivity index (χ3v) is 6.50. The lowest BCUT2D eigenvalue weighted by atomic mass is 10.2. The van der Waals surface area contributed by atoms with Crippen molar-refractivity contribution in [3.63, 3.8) is 0 Å². The van der Waals surface area contributed by atoms with E-state index in [1.54, 1.807) is 18.2 Å². The Labute approximate surface area is 195 Å². The van der Waals surface area contributed by atoms with Gasteiger partial charge in [0.1, 0.15) is 23.0 Å². The molecule has 0 atom stereocenters. The number of hydrogen-bond acceptors (Lipinski definition) is 6. The fourth-order valence-corrected chi connectivity index (χ4v) is 4.35. The molecule has 1 aliphatic heterocycles. The summed E-state index contributed by atoms with van der Waals surface area (Å²) >= 11 is 7.50. The van der Waals surface area contributed by atoms with Gasteiger partial charge in [-0.25, -0.2) is 14.4 Å². The van der Waals surface area contributed by atoms with Gasteiger partial charge in [-0.1, -0.05) is 41.6 Å². The smallest absolute Gasteiger partial charge is 0.230 e. The first-order valence-corrected chi connectivity index (χ1v) is 11.7. The average Bonchev–Trinajstić information content (AvgIpc) is 2.83. The standard InChI is InChI=1S/C23H23ClFN5OS/c24-20-4-2-1-3-17(20)14-26-22(31)15-32-23-13-21(27-16-28-23)30-11-9-29(10-12-30)19-7-5-18(25)6-8-19/h1-8,13,16H,9-12,14-15H2,(H,26,31). The zero-order valence-electron chi connectivity index (χ0n) is 17.4. The molecule has 3 aromatic rings. The number of rotatable bonds is 7. The number of hydrogen-bond donors (Lipinski definition) is 1. The Morgan fingerprint density at radius 2 is 1.75 bits per heavy atom. The molecule has 166 valence electrons. The number of carbonyl (C=O) groups is 1. The van der Waals surface area contributed by atoms with Gasteiger partial charge in [-0.15, -0.1) is 0 Å². The second kappa shape index (κ2) is 10.7.